The Labute approximate surface area is 140 Å². The molecule has 0 spiro atoms. The van der Waals surface area contributed by atoms with E-state index in [1.807, 2.05) is 0 Å². The predicted molar refractivity (Wildman–Crippen MR) is 85.0 cm³/mol. The second-order valence-electron chi connectivity index (χ2n) is 5.08. The first-order valence-corrected chi connectivity index (χ1v) is 9.28. The van der Waals surface area contributed by atoms with E-state index >= 15 is 0 Å². The van der Waals surface area contributed by atoms with Gasteiger partial charge in [0.05, 0.1) is 14.9 Å². The number of hydrogen-bond acceptors (Lipinski definition) is 5. The van der Waals surface area contributed by atoms with Gasteiger partial charge in [-0.25, -0.2) is 17.2 Å². The molecule has 0 aliphatic rings. The molecular weight excluding hydrogens is 358 g/mol. The molecule has 0 atom stereocenters. The van der Waals surface area contributed by atoms with Crippen LogP contribution in [0.5, 0.6) is 0 Å². The summed E-state index contributed by atoms with van der Waals surface area (Å²) in [6.07, 6.45) is 1.08. The average molecular weight is 368 g/mol. The molecule has 2 aromatic carbocycles. The third-order valence-electron chi connectivity index (χ3n) is 3.29. The summed E-state index contributed by atoms with van der Waals surface area (Å²) in [4.78, 5) is 0.803. The fourth-order valence-corrected chi connectivity index (χ4v) is 3.62. The average Bonchev–Trinajstić information content (AvgIpc) is 2.87. The number of nitrogens with zero attached hydrogens (tertiary/aromatic N) is 2. The maximum atomic E-state index is 13.4. The van der Waals surface area contributed by atoms with Gasteiger partial charge in [0.1, 0.15) is 16.5 Å². The zero-order chi connectivity index (χ0) is 17.5. The molecule has 24 heavy (non-hydrogen) atoms. The van der Waals surface area contributed by atoms with Gasteiger partial charge < -0.3 is 5.21 Å². The van der Waals surface area contributed by atoms with E-state index < -0.39 is 21.5 Å². The van der Waals surface area contributed by atoms with Crippen molar-refractivity contribution >= 4 is 21.4 Å². The summed E-state index contributed by atoms with van der Waals surface area (Å²) < 4.78 is 53.5. The van der Waals surface area contributed by atoms with Gasteiger partial charge in [0.25, 0.3) is 5.69 Å². The van der Waals surface area contributed by atoms with E-state index in [1.54, 1.807) is 0 Å². The largest absolute Gasteiger partial charge is 0.593 e. The van der Waals surface area contributed by atoms with Crippen LogP contribution in [0.1, 0.15) is 0 Å². The van der Waals surface area contributed by atoms with Gasteiger partial charge in [0.2, 0.25) is 0 Å². The van der Waals surface area contributed by atoms with Gasteiger partial charge >= 0.3 is 0 Å². The number of hydrogen-bond donors (Lipinski definition) is 0. The molecule has 0 radical (unpaired) electrons. The molecule has 0 aliphatic carbocycles. The molecule has 0 saturated carbocycles. The highest BCUT2D eigenvalue weighted by Gasteiger charge is 2.23. The Morgan fingerprint density at radius 2 is 1.62 bits per heavy atom. The zero-order valence-corrected chi connectivity index (χ0v) is 13.9. The van der Waals surface area contributed by atoms with Crippen molar-refractivity contribution in [2.75, 3.05) is 6.26 Å². The first kappa shape index (κ1) is 16.5. The summed E-state index contributed by atoms with van der Waals surface area (Å²) in [6, 6.07) is 8.61. The normalized spacial score (nSPS) is 11.6. The standard InChI is InChI=1S/C15H10F2N2O3S2/c1-24(21,22)13-4-2-9(3-5-13)15-14(19(20)18-23-15)10-6-11(16)8-12(17)7-10/h2-8H,1H3. The Morgan fingerprint density at radius 1 is 1.04 bits per heavy atom. The molecule has 0 aliphatic heterocycles. The molecule has 3 aromatic rings. The van der Waals surface area contributed by atoms with Crippen LogP contribution in [-0.4, -0.2) is 19.2 Å². The third kappa shape index (κ3) is 3.13. The van der Waals surface area contributed by atoms with Gasteiger partial charge in [0.15, 0.2) is 9.84 Å². The van der Waals surface area contributed by atoms with Crippen molar-refractivity contribution < 1.29 is 22.0 Å². The van der Waals surface area contributed by atoms with E-state index in [0.717, 1.165) is 29.9 Å². The molecule has 124 valence electrons. The lowest BCUT2D eigenvalue weighted by Crippen LogP contribution is -2.29. The van der Waals surface area contributed by atoms with E-state index in [2.05, 4.69) is 4.49 Å². The fourth-order valence-electron chi connectivity index (χ4n) is 2.22. The molecule has 0 N–H and O–H groups in total. The minimum atomic E-state index is -3.35. The summed E-state index contributed by atoms with van der Waals surface area (Å²) >= 11 is 0.855. The molecule has 0 fully saturated rings. The van der Waals surface area contributed by atoms with Gasteiger partial charge in [-0.05, 0) is 29.1 Å². The Balaban J connectivity index is 2.14. The molecule has 5 nitrogen and oxygen atoms in total. The topological polar surface area (TPSA) is 74.0 Å². The molecular formula is C15H10F2N2O3S2. The van der Waals surface area contributed by atoms with Crippen LogP contribution >= 0.6 is 11.5 Å². The Morgan fingerprint density at radius 3 is 2.17 bits per heavy atom. The van der Waals surface area contributed by atoms with Gasteiger partial charge in [-0.3, -0.25) is 0 Å². The van der Waals surface area contributed by atoms with Gasteiger partial charge in [0, 0.05) is 29.4 Å². The zero-order valence-electron chi connectivity index (χ0n) is 12.2. The second-order valence-corrected chi connectivity index (χ2v) is 7.85. The highest BCUT2D eigenvalue weighted by atomic mass is 32.2. The number of sulfone groups is 1. The molecule has 0 saturated heterocycles. The van der Waals surface area contributed by atoms with E-state index in [0.29, 0.717) is 21.4 Å². The summed E-state index contributed by atoms with van der Waals surface area (Å²) in [7, 11) is -3.35. The molecule has 0 unspecified atom stereocenters. The van der Waals surface area contributed by atoms with Crippen molar-refractivity contribution in [2.45, 2.75) is 4.90 Å². The molecule has 3 rings (SSSR count). The van der Waals surface area contributed by atoms with Crippen molar-refractivity contribution in [2.24, 2.45) is 0 Å². The molecule has 1 heterocycles. The van der Waals surface area contributed by atoms with Crippen molar-refractivity contribution in [3.05, 3.63) is 59.3 Å². The van der Waals surface area contributed by atoms with E-state index in [4.69, 9.17) is 0 Å². The van der Waals surface area contributed by atoms with Crippen LogP contribution in [0.4, 0.5) is 8.78 Å². The van der Waals surface area contributed by atoms with Gasteiger partial charge in [-0.2, -0.15) is 0 Å². The lowest BCUT2D eigenvalue weighted by molar-refractivity contribution is -0.649. The predicted octanol–water partition coefficient (Wildman–Crippen LogP) is 2.79. The van der Waals surface area contributed by atoms with Crippen LogP contribution in [0.2, 0.25) is 0 Å². The monoisotopic (exact) mass is 368 g/mol. The first-order valence-electron chi connectivity index (χ1n) is 6.62. The molecule has 0 amide bonds. The quantitative estimate of drug-likeness (QED) is 0.526. The summed E-state index contributed by atoms with van der Waals surface area (Å²) in [5, 5.41) is 11.9. The molecule has 9 heteroatoms. The van der Waals surface area contributed by atoms with Crippen LogP contribution in [0, 0.1) is 16.8 Å². The third-order valence-corrected chi connectivity index (χ3v) is 5.26. The van der Waals surface area contributed by atoms with Crippen LogP contribution in [0.15, 0.2) is 47.4 Å². The van der Waals surface area contributed by atoms with Crippen LogP contribution in [-0.2, 0) is 9.84 Å². The van der Waals surface area contributed by atoms with E-state index in [9.17, 15) is 22.4 Å². The number of rotatable bonds is 3. The first-order chi connectivity index (χ1) is 11.3. The minimum absolute atomic E-state index is 0.00510. The van der Waals surface area contributed by atoms with Crippen LogP contribution in [0.25, 0.3) is 21.7 Å². The second kappa shape index (κ2) is 5.91. The number of halogens is 2. The highest BCUT2D eigenvalue weighted by Crippen LogP contribution is 2.33. The van der Waals surface area contributed by atoms with Crippen molar-refractivity contribution in [3.63, 3.8) is 0 Å². The maximum absolute atomic E-state index is 13.4. The SMILES string of the molecule is CS(=O)(=O)c1ccc(-c2sn[n+]([O-])c2-c2cc(F)cc(F)c2)cc1. The van der Waals surface area contributed by atoms with Crippen LogP contribution in [0.3, 0.4) is 0 Å². The van der Waals surface area contributed by atoms with Crippen molar-refractivity contribution in [3.8, 4) is 21.7 Å². The lowest BCUT2D eigenvalue weighted by atomic mass is 10.1. The van der Waals surface area contributed by atoms with E-state index in [-0.39, 0.29) is 16.2 Å². The maximum Gasteiger partial charge on any atom is 0.272 e. The summed E-state index contributed by atoms with van der Waals surface area (Å²) in [6.45, 7) is 0. The van der Waals surface area contributed by atoms with Crippen molar-refractivity contribution in [1.82, 2.24) is 4.49 Å². The Kier molecular flexibility index (Phi) is 4.06. The minimum Gasteiger partial charge on any atom is -0.593 e. The van der Waals surface area contributed by atoms with Gasteiger partial charge in [-0.15, -0.1) is 0 Å². The summed E-state index contributed by atoms with van der Waals surface area (Å²) in [5.41, 5.74) is 0.582. The van der Waals surface area contributed by atoms with E-state index in [1.165, 1.54) is 24.3 Å². The Hall–Kier alpha value is -2.39. The van der Waals surface area contributed by atoms with Crippen LogP contribution < -0.4 is 4.85 Å². The summed E-state index contributed by atoms with van der Waals surface area (Å²) in [5.74, 6) is -1.62. The van der Waals surface area contributed by atoms with Gasteiger partial charge in [-0.1, -0.05) is 12.1 Å². The highest BCUT2D eigenvalue weighted by molar-refractivity contribution is 7.90. The smallest absolute Gasteiger partial charge is 0.272 e. The van der Waals surface area contributed by atoms with Crippen molar-refractivity contribution in [1.29, 1.82) is 0 Å². The number of benzene rings is 2. The lowest BCUT2D eigenvalue weighted by Gasteiger charge is -2.03. The Bertz CT molecular complexity index is 995. The fraction of sp³-hybridized carbons (Fsp3) is 0.0667. The molecule has 1 aromatic heterocycles. The number of aromatic nitrogens is 2. The molecule has 0 bridgehead atoms.